The van der Waals surface area contributed by atoms with Crippen molar-refractivity contribution in [1.29, 1.82) is 0 Å². The van der Waals surface area contributed by atoms with E-state index in [1.54, 1.807) is 0 Å². The molecule has 1 amide bonds. The molecule has 3 heteroatoms. The second kappa shape index (κ2) is 5.56. The fraction of sp³-hybridized carbons (Fsp3) is 0.368. The molecule has 22 heavy (non-hydrogen) atoms. The molecule has 0 unspecified atom stereocenters. The van der Waals surface area contributed by atoms with Gasteiger partial charge in [0.05, 0.1) is 0 Å². The minimum Gasteiger partial charge on any atom is -0.267 e. The number of hydrazone groups is 1. The predicted octanol–water partition coefficient (Wildman–Crippen LogP) is 3.99. The van der Waals surface area contributed by atoms with E-state index in [4.69, 9.17) is 0 Å². The van der Waals surface area contributed by atoms with Crippen LogP contribution >= 0.6 is 0 Å². The molecule has 112 valence electrons. The molecule has 3 nitrogen and oxygen atoms in total. The summed E-state index contributed by atoms with van der Waals surface area (Å²) in [5, 5.41) is 6.28. The topological polar surface area (TPSA) is 41.5 Å². The van der Waals surface area contributed by atoms with Crippen molar-refractivity contribution in [2.75, 3.05) is 0 Å². The molecule has 0 saturated heterocycles. The van der Waals surface area contributed by atoms with Gasteiger partial charge >= 0.3 is 0 Å². The van der Waals surface area contributed by atoms with Gasteiger partial charge in [0.2, 0.25) is 0 Å². The lowest BCUT2D eigenvalue weighted by molar-refractivity contribution is 0.0956. The Bertz CT molecular complexity index is 732. The summed E-state index contributed by atoms with van der Waals surface area (Å²) in [4.78, 5) is 12.4. The van der Waals surface area contributed by atoms with Crippen LogP contribution in [0.1, 0.15) is 36.0 Å². The molecular weight excluding hydrogens is 272 g/mol. The summed E-state index contributed by atoms with van der Waals surface area (Å²) >= 11 is 0. The Hall–Kier alpha value is -2.16. The van der Waals surface area contributed by atoms with Crippen LogP contribution in [0.5, 0.6) is 0 Å². The third-order valence-electron chi connectivity index (χ3n) is 5.26. The lowest BCUT2D eigenvalue weighted by atomic mass is 9.90. The van der Waals surface area contributed by atoms with Crippen molar-refractivity contribution >= 4 is 22.9 Å². The van der Waals surface area contributed by atoms with Crippen LogP contribution in [-0.2, 0) is 0 Å². The number of nitrogens with zero attached hydrogens (tertiary/aromatic N) is 1. The largest absolute Gasteiger partial charge is 0.271 e. The summed E-state index contributed by atoms with van der Waals surface area (Å²) in [6, 6.07) is 13.7. The van der Waals surface area contributed by atoms with Crippen molar-refractivity contribution < 1.29 is 4.79 Å². The van der Waals surface area contributed by atoms with Gasteiger partial charge in [-0.25, -0.2) is 5.43 Å². The fourth-order valence-electron chi connectivity index (χ4n) is 4.15. The smallest absolute Gasteiger partial charge is 0.267 e. The molecule has 0 spiro atoms. The van der Waals surface area contributed by atoms with Gasteiger partial charge in [-0.3, -0.25) is 4.79 Å². The second-order valence-corrected chi connectivity index (χ2v) is 6.58. The number of rotatable bonds is 3. The maximum absolute atomic E-state index is 12.4. The molecule has 2 aromatic rings. The Labute approximate surface area is 130 Å². The molecular formula is C19H20N2O. The van der Waals surface area contributed by atoms with Crippen LogP contribution in [0.15, 0.2) is 47.6 Å². The summed E-state index contributed by atoms with van der Waals surface area (Å²) in [5.41, 5.74) is 3.39. The van der Waals surface area contributed by atoms with Crippen LogP contribution < -0.4 is 5.43 Å². The lowest BCUT2D eigenvalue weighted by Gasteiger charge is -2.16. The summed E-state index contributed by atoms with van der Waals surface area (Å²) in [6.45, 7) is 0. The van der Waals surface area contributed by atoms with Crippen molar-refractivity contribution in [2.45, 2.75) is 25.7 Å². The number of carbonyl (C=O) groups is 1. The maximum Gasteiger partial charge on any atom is 0.271 e. The van der Waals surface area contributed by atoms with Crippen molar-refractivity contribution in [3.8, 4) is 0 Å². The van der Waals surface area contributed by atoms with Crippen LogP contribution in [0.25, 0.3) is 10.8 Å². The predicted molar refractivity (Wildman–Crippen MR) is 88.8 cm³/mol. The van der Waals surface area contributed by atoms with Crippen molar-refractivity contribution in [1.82, 2.24) is 5.43 Å². The molecule has 0 heterocycles. The summed E-state index contributed by atoms with van der Waals surface area (Å²) in [5.74, 6) is 2.13. The Morgan fingerprint density at radius 1 is 1.09 bits per heavy atom. The molecule has 0 aliphatic heterocycles. The normalized spacial score (nSPS) is 26.8. The summed E-state index contributed by atoms with van der Waals surface area (Å²) in [7, 11) is 0. The summed E-state index contributed by atoms with van der Waals surface area (Å²) in [6.07, 6.45) is 7.29. The average molecular weight is 292 g/mol. The van der Waals surface area contributed by atoms with E-state index in [9.17, 15) is 4.79 Å². The zero-order valence-electron chi connectivity index (χ0n) is 12.5. The van der Waals surface area contributed by atoms with E-state index >= 15 is 0 Å². The van der Waals surface area contributed by atoms with E-state index in [0.717, 1.165) is 22.6 Å². The standard InChI is InChI=1S/C19H20N2O/c22-19(18-7-3-5-14-4-1-2-6-17(14)18)21-20-12-16-11-13-8-9-15(16)10-13/h1-7,12-13,15-16H,8-11H2,(H,21,22)/b20-12-/t13-,15+,16+/m1/s1. The van der Waals surface area contributed by atoms with Crippen LogP contribution in [0, 0.1) is 17.8 Å². The number of benzene rings is 2. The van der Waals surface area contributed by atoms with Crippen molar-refractivity contribution in [3.63, 3.8) is 0 Å². The first-order chi connectivity index (χ1) is 10.8. The van der Waals surface area contributed by atoms with E-state index in [0.29, 0.717) is 11.5 Å². The highest BCUT2D eigenvalue weighted by Crippen LogP contribution is 2.47. The first-order valence-electron chi connectivity index (χ1n) is 8.12. The average Bonchev–Trinajstić information content (AvgIpc) is 3.17. The number of amides is 1. The number of hydrogen-bond donors (Lipinski definition) is 1. The highest BCUT2D eigenvalue weighted by molar-refractivity contribution is 6.07. The Morgan fingerprint density at radius 3 is 2.77 bits per heavy atom. The summed E-state index contributed by atoms with van der Waals surface area (Å²) < 4.78 is 0. The van der Waals surface area contributed by atoms with E-state index in [-0.39, 0.29) is 5.91 Å². The first kappa shape index (κ1) is 13.5. The van der Waals surface area contributed by atoms with Crippen molar-refractivity contribution in [2.24, 2.45) is 22.9 Å². The van der Waals surface area contributed by atoms with Gasteiger partial charge in [-0.2, -0.15) is 5.10 Å². The molecule has 2 aromatic carbocycles. The second-order valence-electron chi connectivity index (χ2n) is 6.58. The third-order valence-corrected chi connectivity index (χ3v) is 5.26. The molecule has 2 aliphatic rings. The van der Waals surface area contributed by atoms with E-state index < -0.39 is 0 Å². The van der Waals surface area contributed by atoms with Gasteiger partial charge in [-0.05, 0) is 53.9 Å². The van der Waals surface area contributed by atoms with Crippen LogP contribution in [0.2, 0.25) is 0 Å². The van der Waals surface area contributed by atoms with Gasteiger partial charge in [-0.1, -0.05) is 42.8 Å². The SMILES string of the molecule is O=C(N/N=C\[C@@H]1C[C@@H]2CC[C@H]1C2)c1cccc2ccccc12. The van der Waals surface area contributed by atoms with Gasteiger partial charge < -0.3 is 0 Å². The molecule has 2 saturated carbocycles. The highest BCUT2D eigenvalue weighted by Gasteiger charge is 2.38. The Balaban J connectivity index is 1.47. The molecule has 1 N–H and O–H groups in total. The molecule has 0 radical (unpaired) electrons. The van der Waals surface area contributed by atoms with E-state index in [1.807, 2.05) is 48.7 Å². The Kier molecular flexibility index (Phi) is 3.41. The first-order valence-corrected chi connectivity index (χ1v) is 8.12. The number of hydrogen-bond acceptors (Lipinski definition) is 2. The van der Waals surface area contributed by atoms with Crippen LogP contribution in [0.4, 0.5) is 0 Å². The minimum absolute atomic E-state index is 0.129. The quantitative estimate of drug-likeness (QED) is 0.674. The molecule has 2 bridgehead atoms. The lowest BCUT2D eigenvalue weighted by Crippen LogP contribution is -2.20. The van der Waals surface area contributed by atoms with Crippen LogP contribution in [0.3, 0.4) is 0 Å². The highest BCUT2D eigenvalue weighted by atomic mass is 16.2. The number of fused-ring (bicyclic) bond motifs is 3. The number of nitrogens with one attached hydrogen (secondary N) is 1. The van der Waals surface area contributed by atoms with Gasteiger partial charge in [0.25, 0.3) is 5.91 Å². The minimum atomic E-state index is -0.129. The van der Waals surface area contributed by atoms with Crippen LogP contribution in [-0.4, -0.2) is 12.1 Å². The maximum atomic E-state index is 12.4. The molecule has 4 rings (SSSR count). The molecule has 3 atom stereocenters. The van der Waals surface area contributed by atoms with Gasteiger partial charge in [0.1, 0.15) is 0 Å². The van der Waals surface area contributed by atoms with E-state index in [2.05, 4.69) is 10.5 Å². The van der Waals surface area contributed by atoms with Gasteiger partial charge in [0.15, 0.2) is 0 Å². The number of carbonyl (C=O) groups excluding carboxylic acids is 1. The zero-order valence-corrected chi connectivity index (χ0v) is 12.5. The molecule has 0 aromatic heterocycles. The Morgan fingerprint density at radius 2 is 1.95 bits per heavy atom. The zero-order chi connectivity index (χ0) is 14.9. The monoisotopic (exact) mass is 292 g/mol. The van der Waals surface area contributed by atoms with Gasteiger partial charge in [0, 0.05) is 11.8 Å². The molecule has 2 aliphatic carbocycles. The fourth-order valence-corrected chi connectivity index (χ4v) is 4.15. The van der Waals surface area contributed by atoms with E-state index in [1.165, 1.54) is 25.7 Å². The van der Waals surface area contributed by atoms with Gasteiger partial charge in [-0.15, -0.1) is 0 Å². The third kappa shape index (κ3) is 2.41. The molecule has 2 fully saturated rings. The van der Waals surface area contributed by atoms with Crippen molar-refractivity contribution in [3.05, 3.63) is 48.0 Å².